The number of aromatic nitrogens is 2. The number of anilines is 2. The van der Waals surface area contributed by atoms with Crippen molar-refractivity contribution in [3.63, 3.8) is 0 Å². The zero-order valence-corrected chi connectivity index (χ0v) is 54.9. The summed E-state index contributed by atoms with van der Waals surface area (Å²) < 4.78 is 12.2. The lowest BCUT2D eigenvalue weighted by Crippen LogP contribution is -2.63. The summed E-state index contributed by atoms with van der Waals surface area (Å²) in [7, 11) is 45.4. The molecule has 6 rings (SSSR count). The van der Waals surface area contributed by atoms with Crippen molar-refractivity contribution >= 4 is 287 Å². The van der Waals surface area contributed by atoms with E-state index in [-0.39, 0.29) is 0 Å². The Labute approximate surface area is 453 Å². The van der Waals surface area contributed by atoms with E-state index >= 15 is 0 Å². The molecule has 4 aliphatic heterocycles. The lowest BCUT2D eigenvalue weighted by atomic mass is 10.1. The maximum atomic E-state index is 5.53. The average Bonchev–Trinajstić information content (AvgIpc) is 3.28. The Balaban J connectivity index is 0.000000211. The Kier molecular flexibility index (Phi) is 36.8. The number of hydrogen-bond acceptors (Lipinski definition) is 10. The minimum Gasteiger partial charge on any atom is -0.378 e. The fourth-order valence-electron chi connectivity index (χ4n) is 5.06. The second kappa shape index (κ2) is 38.9. The maximum absolute atomic E-state index is 5.53. The number of ether oxygens (including phenoxy) is 2. The van der Waals surface area contributed by atoms with Gasteiger partial charge in [0, 0.05) is 325 Å². The average molecular weight is 1460 g/mol. The van der Waals surface area contributed by atoms with E-state index in [1.54, 1.807) is 131 Å². The van der Waals surface area contributed by atoms with E-state index < -0.39 is 0 Å². The Hall–Kier alpha value is 4.19. The minimum absolute atomic E-state index is 0.414. The lowest BCUT2D eigenvalue weighted by molar-refractivity contribution is 0.0374. The number of morpholine rings is 2. The van der Waals surface area contributed by atoms with Crippen LogP contribution in [0.3, 0.4) is 0 Å². The SMILES string of the molecule is C#Cc1ccc(N2CC3COCC(C2)N3)nc1.Ic1ccc(N2CC3COCC(C2)N3)nc1.S=S=S=S=S=S=S=S=S=S=S=S=S=S=S=S=S=S=S=S=S=S=S=S=S=S=S=S. The summed E-state index contributed by atoms with van der Waals surface area (Å²) >= 11 is 11.8. The van der Waals surface area contributed by atoms with Crippen molar-refractivity contribution in [1.82, 2.24) is 20.6 Å². The minimum atomic E-state index is 0.414. The summed E-state index contributed by atoms with van der Waals surface area (Å²) in [6.45, 7) is 7.07. The van der Waals surface area contributed by atoms with Crippen LogP contribution in [0.2, 0.25) is 0 Å². The molecule has 4 atom stereocenters. The first kappa shape index (κ1) is 57.8. The highest BCUT2D eigenvalue weighted by atomic mass is 127. The van der Waals surface area contributed by atoms with Crippen LogP contribution in [-0.4, -0.2) is 86.7 Å². The number of nitrogens with one attached hydrogen (secondary N) is 2. The van der Waals surface area contributed by atoms with Gasteiger partial charge in [0.25, 0.3) is 0 Å². The molecule has 342 valence electrons. The topological polar surface area (TPSA) is 74.8 Å². The second-order valence-corrected chi connectivity index (χ2v) is 57.9. The van der Waals surface area contributed by atoms with Gasteiger partial charge >= 0.3 is 0 Å². The highest BCUT2D eigenvalue weighted by Gasteiger charge is 2.32. The number of rotatable bonds is 2. The van der Waals surface area contributed by atoms with Crippen molar-refractivity contribution in [2.75, 3.05) is 62.4 Å². The number of hydrogen-bond donors (Lipinski definition) is 2. The summed E-state index contributed by atoms with van der Waals surface area (Å²) in [5, 5.41) is 7.12. The van der Waals surface area contributed by atoms with Crippen LogP contribution in [0.5, 0.6) is 0 Å². The van der Waals surface area contributed by atoms with E-state index in [0.717, 1.165) is 69.8 Å². The van der Waals surface area contributed by atoms with Gasteiger partial charge in [0.05, 0.1) is 26.4 Å². The van der Waals surface area contributed by atoms with Crippen LogP contribution in [-0.2, 0) is 263 Å². The number of fused-ring (bicyclic) bond motifs is 4. The molecule has 0 amide bonds. The molecule has 4 saturated heterocycles. The van der Waals surface area contributed by atoms with Gasteiger partial charge in [-0.1, -0.05) is 5.92 Å². The number of piperazine rings is 2. The molecule has 0 saturated carbocycles. The van der Waals surface area contributed by atoms with Crippen LogP contribution in [0.1, 0.15) is 5.56 Å². The number of nitrogens with zero attached hydrogens (tertiary/aromatic N) is 4. The fourth-order valence-corrected chi connectivity index (χ4v) is 71.2. The monoisotopic (exact) mass is 1460 g/mol. The molecule has 0 aliphatic carbocycles. The molecule has 0 aromatic carbocycles. The van der Waals surface area contributed by atoms with Crippen LogP contribution < -0.4 is 20.4 Å². The summed E-state index contributed by atoms with van der Waals surface area (Å²) in [4.78, 5) is 13.5. The van der Waals surface area contributed by atoms with E-state index in [0.29, 0.717) is 24.2 Å². The molecule has 8 nitrogen and oxygen atoms in total. The first-order valence-corrected chi connectivity index (χ1v) is 53.0. The molecule has 0 radical (unpaired) electrons. The molecule has 4 bridgehead atoms. The van der Waals surface area contributed by atoms with Gasteiger partial charge in [-0.2, -0.15) is 0 Å². The molecule has 6 heterocycles. The molecule has 2 aromatic rings. The van der Waals surface area contributed by atoms with Crippen molar-refractivity contribution in [3.8, 4) is 12.3 Å². The molecule has 2 aromatic heterocycles. The molecule has 0 spiro atoms. The van der Waals surface area contributed by atoms with E-state index in [1.807, 2.05) is 107 Å². The molecular formula is C24H29IN6O2S28. The largest absolute Gasteiger partial charge is 0.378 e. The number of halogens is 1. The second-order valence-electron chi connectivity index (χ2n) is 10.7. The van der Waals surface area contributed by atoms with Crippen LogP contribution in [0.15, 0.2) is 36.7 Å². The first-order chi connectivity index (χ1) is 30.1. The Morgan fingerprint density at radius 1 is 0.508 bits per heavy atom. The van der Waals surface area contributed by atoms with Gasteiger partial charge in [0.2, 0.25) is 0 Å². The van der Waals surface area contributed by atoms with Crippen LogP contribution in [0, 0.1) is 15.9 Å². The highest BCUT2D eigenvalue weighted by Crippen LogP contribution is 2.19. The predicted molar refractivity (Wildman–Crippen MR) is 343 cm³/mol. The molecule has 37 heteroatoms. The van der Waals surface area contributed by atoms with Crippen molar-refractivity contribution in [1.29, 1.82) is 0 Å². The van der Waals surface area contributed by atoms with Gasteiger partial charge in [-0.15, -0.1) is 6.42 Å². The zero-order valence-electron chi connectivity index (χ0n) is 29.9. The van der Waals surface area contributed by atoms with E-state index in [1.165, 1.54) is 21.3 Å². The van der Waals surface area contributed by atoms with Crippen LogP contribution in [0.25, 0.3) is 0 Å². The summed E-state index contributed by atoms with van der Waals surface area (Å²) in [5.41, 5.74) is 0.826. The summed E-state index contributed by atoms with van der Waals surface area (Å²) in [5.74, 6) is 4.67. The van der Waals surface area contributed by atoms with Gasteiger partial charge < -0.3 is 29.9 Å². The zero-order chi connectivity index (χ0) is 43.0. The van der Waals surface area contributed by atoms with Gasteiger partial charge in [-0.25, -0.2) is 9.97 Å². The van der Waals surface area contributed by atoms with Crippen molar-refractivity contribution < 1.29 is 9.47 Å². The van der Waals surface area contributed by atoms with Gasteiger partial charge in [-0.05, 0) is 46.9 Å². The third kappa shape index (κ3) is 27.4. The predicted octanol–water partition coefficient (Wildman–Crippen LogP) is 1.04. The summed E-state index contributed by atoms with van der Waals surface area (Å²) in [6.07, 6.45) is 9.00. The third-order valence-electron chi connectivity index (χ3n) is 6.95. The van der Waals surface area contributed by atoms with Gasteiger partial charge in [0.1, 0.15) is 11.6 Å². The quantitative estimate of drug-likeness (QED) is 0.337. The van der Waals surface area contributed by atoms with Gasteiger partial charge in [-0.3, -0.25) is 0 Å². The van der Waals surface area contributed by atoms with E-state index in [9.17, 15) is 0 Å². The first-order valence-electron chi connectivity index (χ1n) is 15.9. The number of terminal acetylenes is 1. The third-order valence-corrected chi connectivity index (χ3v) is 63.1. The molecule has 4 aliphatic rings. The van der Waals surface area contributed by atoms with Crippen molar-refractivity contribution in [3.05, 3.63) is 45.8 Å². The fraction of sp³-hybridized carbons (Fsp3) is 0.500. The van der Waals surface area contributed by atoms with Gasteiger partial charge in [0.15, 0.2) is 0 Å². The van der Waals surface area contributed by atoms with E-state index in [4.69, 9.17) is 38.3 Å². The smallest absolute Gasteiger partial charge is 0.128 e. The molecular weight excluding hydrogens is 1430 g/mol. The van der Waals surface area contributed by atoms with Crippen molar-refractivity contribution in [2.45, 2.75) is 24.2 Å². The van der Waals surface area contributed by atoms with E-state index in [2.05, 4.69) is 71.0 Å². The standard InChI is InChI=1S/C13H15N3O.C11H14IN3O.S28/c1-2-10-3-4-13(14-5-10)16-6-11-8-17-9-12(7-16)15-11;12-8-1-2-11(13-3-8)15-4-9-6-16-7-10(5-15)14-9;1-3-5-7-9-11-13-15-17-19-21-23-25-27-28-26-24-22-20-18-16-14-12-10-8-6-4-2/h1,3-5,11-12,15H,6-9H2;1-3,9-10,14H,4-7H2;. The Morgan fingerprint density at radius 2 is 0.820 bits per heavy atom. The highest BCUT2D eigenvalue weighted by molar-refractivity contribution is 14.1. The Bertz CT molecular complexity index is 2910. The molecule has 61 heavy (non-hydrogen) atoms. The normalized spacial score (nSPS) is 18.8. The lowest BCUT2D eigenvalue weighted by Gasteiger charge is -2.42. The molecule has 4 fully saturated rings. The molecule has 2 N–H and O–H groups in total. The van der Waals surface area contributed by atoms with Crippen LogP contribution in [0.4, 0.5) is 11.6 Å². The van der Waals surface area contributed by atoms with Crippen molar-refractivity contribution in [2.24, 2.45) is 0 Å². The molecule has 4 unspecified atom stereocenters. The number of pyridine rings is 2. The maximum Gasteiger partial charge on any atom is 0.128 e. The Morgan fingerprint density at radius 3 is 1.08 bits per heavy atom. The summed E-state index contributed by atoms with van der Waals surface area (Å²) in [6, 6.07) is 9.88. The van der Waals surface area contributed by atoms with Crippen LogP contribution >= 0.6 is 22.6 Å².